The number of alkyl halides is 13. The van der Waals surface area contributed by atoms with Crippen LogP contribution in [0.15, 0.2) is 12.1 Å². The summed E-state index contributed by atoms with van der Waals surface area (Å²) in [6, 6.07) is 0.378. The number of rotatable bonds is 11. The molecule has 0 aromatic heterocycles. The maximum atomic E-state index is 13.7. The van der Waals surface area contributed by atoms with Crippen LogP contribution < -0.4 is 4.74 Å². The first-order valence-corrected chi connectivity index (χ1v) is 9.62. The summed E-state index contributed by atoms with van der Waals surface area (Å²) in [6.07, 6.45) is -18.2. The van der Waals surface area contributed by atoms with E-state index in [1.807, 2.05) is 0 Å². The molecule has 1 aromatic rings. The quantitative estimate of drug-likeness (QED) is 0.0874. The normalized spacial score (nSPS) is 13.7. The number of hydrogen-bond donors (Lipinski definition) is 0. The van der Waals surface area contributed by atoms with E-state index >= 15 is 0 Å². The van der Waals surface area contributed by atoms with Gasteiger partial charge in [-0.3, -0.25) is 20.2 Å². The predicted molar refractivity (Wildman–Crippen MR) is 96.3 cm³/mol. The van der Waals surface area contributed by atoms with Crippen LogP contribution in [0.4, 0.5) is 73.2 Å². The minimum Gasteiger partial charge on any atom is -0.395 e. The molecule has 0 atom stereocenters. The second kappa shape index (κ2) is 10.5. The smallest absolute Gasteiger partial charge is 0.395 e. The van der Waals surface area contributed by atoms with E-state index in [4.69, 9.17) is 0 Å². The number of halogens is 13. The van der Waals surface area contributed by atoms with Crippen molar-refractivity contribution in [2.24, 2.45) is 0 Å². The fourth-order valence-corrected chi connectivity index (χ4v) is 2.66. The van der Waals surface area contributed by atoms with Crippen LogP contribution in [-0.4, -0.2) is 52.0 Å². The van der Waals surface area contributed by atoms with Crippen molar-refractivity contribution in [3.63, 3.8) is 0 Å². The third kappa shape index (κ3) is 5.87. The van der Waals surface area contributed by atoms with Gasteiger partial charge in [-0.1, -0.05) is 13.3 Å². The molecule has 0 heterocycles. The van der Waals surface area contributed by atoms with Crippen LogP contribution in [0.2, 0.25) is 0 Å². The minimum atomic E-state index is -8.25. The lowest BCUT2D eigenvalue weighted by Crippen LogP contribution is -2.70. The van der Waals surface area contributed by atoms with Crippen LogP contribution in [0.5, 0.6) is 5.75 Å². The van der Waals surface area contributed by atoms with Gasteiger partial charge in [-0.05, 0) is 18.9 Å². The fraction of sp³-hybridized carbons (Fsp3) is 0.588. The van der Waals surface area contributed by atoms with E-state index < -0.39 is 74.7 Å². The molecule has 0 spiro atoms. The number of aryl methyl sites for hydroxylation is 1. The molecule has 0 fully saturated rings. The van der Waals surface area contributed by atoms with Crippen LogP contribution in [0.1, 0.15) is 25.3 Å². The number of unbranched alkanes of at least 4 members (excludes halogenated alkanes) is 1. The zero-order chi connectivity index (χ0) is 31.0. The summed E-state index contributed by atoms with van der Waals surface area (Å²) in [6.45, 7) is 1.53. The largest absolute Gasteiger partial charge is 0.518 e. The van der Waals surface area contributed by atoms with Crippen molar-refractivity contribution in [2.75, 3.05) is 0 Å². The Morgan fingerprint density at radius 2 is 1.28 bits per heavy atom. The maximum Gasteiger partial charge on any atom is 0.518 e. The van der Waals surface area contributed by atoms with E-state index in [1.165, 1.54) is 6.92 Å². The van der Waals surface area contributed by atoms with Crippen LogP contribution in [0.3, 0.4) is 0 Å². The predicted octanol–water partition coefficient (Wildman–Crippen LogP) is 7.06. The van der Waals surface area contributed by atoms with Gasteiger partial charge in [0.05, 0.1) is 15.9 Å². The van der Waals surface area contributed by atoms with Crippen molar-refractivity contribution >= 4 is 17.5 Å². The third-order valence-electron chi connectivity index (χ3n) is 4.64. The van der Waals surface area contributed by atoms with Crippen molar-refractivity contribution < 1.29 is 81.2 Å². The van der Waals surface area contributed by atoms with Gasteiger partial charge >= 0.3 is 53.5 Å². The van der Waals surface area contributed by atoms with Crippen LogP contribution >= 0.6 is 0 Å². The van der Waals surface area contributed by atoms with Crippen molar-refractivity contribution in [3.05, 3.63) is 37.9 Å². The summed E-state index contributed by atoms with van der Waals surface area (Å²) in [5, 5.41) is 22.3. The zero-order valence-corrected chi connectivity index (χ0v) is 18.4. The van der Waals surface area contributed by atoms with E-state index in [2.05, 4.69) is 9.47 Å². The van der Waals surface area contributed by atoms with Gasteiger partial charge in [-0.25, -0.2) is 4.79 Å². The molecule has 0 saturated carbocycles. The first-order chi connectivity index (χ1) is 17.3. The van der Waals surface area contributed by atoms with Crippen LogP contribution in [-0.2, 0) is 11.2 Å². The molecule has 0 bridgehead atoms. The molecule has 1 rings (SSSR count). The molecule has 222 valence electrons. The molecule has 0 unspecified atom stereocenters. The Bertz CT molecular complexity index is 1120. The van der Waals surface area contributed by atoms with Gasteiger partial charge in [-0.15, -0.1) is 0 Å². The lowest BCUT2D eigenvalue weighted by Gasteiger charge is -2.38. The lowest BCUT2D eigenvalue weighted by atomic mass is 9.97. The first kappa shape index (κ1) is 33.4. The molecule has 1 aromatic carbocycles. The average Bonchev–Trinajstić information content (AvgIpc) is 2.75. The summed E-state index contributed by atoms with van der Waals surface area (Å²) < 4.78 is 176. The number of carbonyl (C=O) groups is 1. The van der Waals surface area contributed by atoms with Crippen molar-refractivity contribution in [1.29, 1.82) is 0 Å². The number of carbonyl (C=O) groups excluding carboxylic acids is 1. The van der Waals surface area contributed by atoms with Crippen molar-refractivity contribution in [3.8, 4) is 5.75 Å². The number of benzene rings is 1. The minimum absolute atomic E-state index is 0.0161. The van der Waals surface area contributed by atoms with Crippen LogP contribution in [0, 0.1) is 20.2 Å². The summed E-state index contributed by atoms with van der Waals surface area (Å²) in [7, 11) is 0. The summed E-state index contributed by atoms with van der Waals surface area (Å²) in [4.78, 5) is 31.1. The van der Waals surface area contributed by atoms with E-state index in [9.17, 15) is 82.1 Å². The van der Waals surface area contributed by atoms with E-state index in [0.29, 0.717) is 12.5 Å². The van der Waals surface area contributed by atoms with Gasteiger partial charge in [0, 0.05) is 5.56 Å². The zero-order valence-electron chi connectivity index (χ0n) is 18.4. The number of hydrogen-bond acceptors (Lipinski definition) is 7. The molecule has 9 nitrogen and oxygen atoms in total. The molecular weight excluding hydrogens is 591 g/mol. The second-order valence-corrected chi connectivity index (χ2v) is 7.33. The van der Waals surface area contributed by atoms with E-state index in [-0.39, 0.29) is 18.9 Å². The first-order valence-electron chi connectivity index (χ1n) is 9.62. The Balaban J connectivity index is 3.44. The SMILES string of the molecule is CCCCc1cc(OC(=O)OC(F)(F)C(F)(F)C(F)(F)C(F)(F)C(F)(F)C(F)(F)F)cc([N+](=O)[O-])c1[N+](=O)[O-]. The molecule has 0 amide bonds. The Kier molecular flexibility index (Phi) is 9.00. The average molecular weight is 602 g/mol. The summed E-state index contributed by atoms with van der Waals surface area (Å²) in [5.74, 6) is -33.8. The van der Waals surface area contributed by atoms with E-state index in [0.717, 1.165) is 0 Å². The molecular formula is C17H11F13N2O7. The number of nitrogens with zero attached hydrogens (tertiary/aromatic N) is 2. The Hall–Kier alpha value is -3.62. The van der Waals surface area contributed by atoms with Gasteiger partial charge in [0.15, 0.2) is 0 Å². The number of nitro groups is 2. The highest BCUT2D eigenvalue weighted by Crippen LogP contribution is 2.60. The van der Waals surface area contributed by atoms with Crippen molar-refractivity contribution in [2.45, 2.75) is 62.2 Å². The van der Waals surface area contributed by atoms with Gasteiger partial charge in [0.2, 0.25) is 0 Å². The summed E-state index contributed by atoms with van der Waals surface area (Å²) >= 11 is 0. The van der Waals surface area contributed by atoms with Gasteiger partial charge in [-0.2, -0.15) is 57.1 Å². The lowest BCUT2D eigenvalue weighted by molar-refractivity contribution is -0.460. The molecule has 0 radical (unpaired) electrons. The topological polar surface area (TPSA) is 122 Å². The Morgan fingerprint density at radius 1 is 0.795 bits per heavy atom. The highest BCUT2D eigenvalue weighted by molar-refractivity contribution is 5.68. The highest BCUT2D eigenvalue weighted by Gasteiger charge is 2.92. The van der Waals surface area contributed by atoms with E-state index in [1.54, 1.807) is 0 Å². The molecule has 39 heavy (non-hydrogen) atoms. The second-order valence-electron chi connectivity index (χ2n) is 7.33. The van der Waals surface area contributed by atoms with Gasteiger partial charge in [0.25, 0.3) is 0 Å². The fourth-order valence-electron chi connectivity index (χ4n) is 2.66. The molecule has 0 aliphatic rings. The number of nitro benzene ring substituents is 2. The highest BCUT2D eigenvalue weighted by atomic mass is 19.4. The van der Waals surface area contributed by atoms with Gasteiger partial charge in [0.1, 0.15) is 5.75 Å². The molecule has 0 aliphatic carbocycles. The third-order valence-corrected chi connectivity index (χ3v) is 4.64. The monoisotopic (exact) mass is 602 g/mol. The maximum absolute atomic E-state index is 13.7. The molecule has 22 heteroatoms. The molecule has 0 saturated heterocycles. The van der Waals surface area contributed by atoms with Crippen molar-refractivity contribution in [1.82, 2.24) is 0 Å². The molecule has 0 N–H and O–H groups in total. The van der Waals surface area contributed by atoms with Crippen LogP contribution in [0.25, 0.3) is 0 Å². The standard InChI is InChI=1S/C17H11F13N2O7/c1-2-3-4-7-5-8(6-9(31(34)35)10(7)32(36)37)38-11(33)39-17(29,30)15(24,25)13(20,21)12(18,19)14(22,23)16(26,27)28/h5-6H,2-4H2,1H3. The summed E-state index contributed by atoms with van der Waals surface area (Å²) in [5.41, 5.74) is -3.26. The van der Waals surface area contributed by atoms with Gasteiger partial charge < -0.3 is 9.47 Å². The Labute approximate surface area is 205 Å². The number of ether oxygens (including phenoxy) is 2. The Morgan fingerprint density at radius 3 is 1.69 bits per heavy atom. The molecule has 0 aliphatic heterocycles.